The minimum Gasteiger partial charge on any atom is -0.310 e. The van der Waals surface area contributed by atoms with E-state index in [0.29, 0.717) is 0 Å². The van der Waals surface area contributed by atoms with Crippen LogP contribution in [0.3, 0.4) is 0 Å². The summed E-state index contributed by atoms with van der Waals surface area (Å²) in [4.78, 5) is 9.85. The zero-order valence-electron chi connectivity index (χ0n) is 68.2. The normalized spacial score (nSPS) is 13.0. The number of para-hydroxylation sites is 2. The molecule has 0 amide bonds. The predicted octanol–water partition coefficient (Wildman–Crippen LogP) is 31.8. The van der Waals surface area contributed by atoms with Gasteiger partial charge in [0.25, 0.3) is 0 Å². The predicted molar refractivity (Wildman–Crippen MR) is 512 cm³/mol. The molecule has 0 saturated heterocycles. The second kappa shape index (κ2) is 27.6. The smallest absolute Gasteiger partial charge is 0.0726 e. The SMILES string of the molecule is Cc1ccc(N(c2ccccc2)c2ccc3cc4c(cc3c2)C2(c3ccccc3-c3ccccc32)c2cc(N(c3ccc(C)cc3)c3ccc(-c5cccc(N(c6cccc(C)c6)c6ccc7cc8c(cc7c6)C6(c7ccccc7-c7ccccc76)c6cc(N(c7ccccc7)c7cccc(C)c7)c7ccccc7c6-8)c5)cc3)c3ccccc3c2-4)cc1. The van der Waals surface area contributed by atoms with Gasteiger partial charge in [-0.3, -0.25) is 0 Å². The van der Waals surface area contributed by atoms with Gasteiger partial charge in [0.15, 0.2) is 0 Å². The molecule has 4 aliphatic carbocycles. The van der Waals surface area contributed by atoms with E-state index in [0.717, 1.165) is 79.4 Å². The van der Waals surface area contributed by atoms with Gasteiger partial charge in [-0.25, -0.2) is 0 Å². The molecule has 0 heterocycles. The second-order valence-corrected chi connectivity index (χ2v) is 33.7. The highest BCUT2D eigenvalue weighted by Crippen LogP contribution is 2.68. The Labute approximate surface area is 711 Å². The number of anilines is 12. The lowest BCUT2D eigenvalue weighted by atomic mass is 9.70. The lowest BCUT2D eigenvalue weighted by Crippen LogP contribution is -2.26. The summed E-state index contributed by atoms with van der Waals surface area (Å²) in [5, 5.41) is 9.59. The molecule has 0 unspecified atom stereocenters. The summed E-state index contributed by atoms with van der Waals surface area (Å²) in [6, 6.07) is 161. The van der Waals surface area contributed by atoms with E-state index in [1.54, 1.807) is 0 Å². The van der Waals surface area contributed by atoms with Gasteiger partial charge in [0.05, 0.1) is 22.2 Å². The maximum atomic E-state index is 2.58. The van der Waals surface area contributed by atoms with Crippen LogP contribution in [0.25, 0.3) is 98.7 Å². The average molecular weight is 1560 g/mol. The maximum Gasteiger partial charge on any atom is 0.0726 e. The van der Waals surface area contributed by atoms with Gasteiger partial charge in [0.1, 0.15) is 0 Å². The molecule has 0 atom stereocenters. The molecular formula is C118H82N4. The molecule has 122 heavy (non-hydrogen) atoms. The van der Waals surface area contributed by atoms with Crippen molar-refractivity contribution in [2.45, 2.75) is 38.5 Å². The Morgan fingerprint density at radius 2 is 0.484 bits per heavy atom. The highest BCUT2D eigenvalue weighted by atomic mass is 15.2. The Morgan fingerprint density at radius 1 is 0.164 bits per heavy atom. The van der Waals surface area contributed by atoms with Gasteiger partial charge in [-0.1, -0.05) is 278 Å². The fourth-order valence-corrected chi connectivity index (χ4v) is 21.5. The van der Waals surface area contributed by atoms with Gasteiger partial charge < -0.3 is 19.6 Å². The van der Waals surface area contributed by atoms with Gasteiger partial charge in [-0.15, -0.1) is 0 Å². The third-order valence-electron chi connectivity index (χ3n) is 26.7. The van der Waals surface area contributed by atoms with Crippen molar-refractivity contribution in [1.29, 1.82) is 0 Å². The topological polar surface area (TPSA) is 13.0 Å². The van der Waals surface area contributed by atoms with E-state index in [4.69, 9.17) is 0 Å². The molecular weight excluding hydrogens is 1470 g/mol. The Hall–Kier alpha value is -15.4. The molecule has 20 aromatic rings. The minimum absolute atomic E-state index is 0.648. The number of rotatable bonds is 13. The van der Waals surface area contributed by atoms with E-state index >= 15 is 0 Å². The van der Waals surface area contributed by atoms with Crippen molar-refractivity contribution in [1.82, 2.24) is 0 Å². The first-order chi connectivity index (χ1) is 60.1. The van der Waals surface area contributed by atoms with E-state index in [-0.39, 0.29) is 0 Å². The lowest BCUT2D eigenvalue weighted by molar-refractivity contribution is 0.795. The van der Waals surface area contributed by atoms with Crippen LogP contribution in [0.15, 0.2) is 425 Å². The summed E-state index contributed by atoms with van der Waals surface area (Å²) in [7, 11) is 0. The van der Waals surface area contributed by atoms with Crippen LogP contribution in [-0.4, -0.2) is 0 Å². The third kappa shape index (κ3) is 10.7. The second-order valence-electron chi connectivity index (χ2n) is 33.7. The van der Waals surface area contributed by atoms with Crippen molar-refractivity contribution >= 4 is 111 Å². The molecule has 4 heteroatoms. The quantitative estimate of drug-likeness (QED) is 0.114. The monoisotopic (exact) mass is 1550 g/mol. The first-order valence-electron chi connectivity index (χ1n) is 42.6. The van der Waals surface area contributed by atoms with E-state index in [1.807, 2.05) is 0 Å². The van der Waals surface area contributed by atoms with E-state index in [2.05, 4.69) is 472 Å². The number of fused-ring (bicyclic) bond motifs is 26. The van der Waals surface area contributed by atoms with Crippen LogP contribution in [0, 0.1) is 27.7 Å². The molecule has 20 aromatic carbocycles. The molecule has 574 valence electrons. The van der Waals surface area contributed by atoms with Gasteiger partial charge in [-0.05, 0) is 329 Å². The zero-order chi connectivity index (χ0) is 81.1. The molecule has 0 N–H and O–H groups in total. The highest BCUT2D eigenvalue weighted by Gasteiger charge is 2.55. The van der Waals surface area contributed by atoms with Crippen LogP contribution in [0.1, 0.15) is 66.8 Å². The van der Waals surface area contributed by atoms with Crippen molar-refractivity contribution in [2.24, 2.45) is 0 Å². The van der Waals surface area contributed by atoms with Gasteiger partial charge in [0, 0.05) is 67.6 Å². The maximum absolute atomic E-state index is 2.58. The van der Waals surface area contributed by atoms with Crippen LogP contribution in [-0.2, 0) is 10.8 Å². The Bertz CT molecular complexity index is 7600. The van der Waals surface area contributed by atoms with Gasteiger partial charge in [0.2, 0.25) is 0 Å². The summed E-state index contributed by atoms with van der Waals surface area (Å²) in [6.07, 6.45) is 0. The molecule has 2 spiro atoms. The molecule has 0 radical (unpaired) electrons. The Kier molecular flexibility index (Phi) is 16.0. The van der Waals surface area contributed by atoms with E-state index in [9.17, 15) is 0 Å². The van der Waals surface area contributed by atoms with E-state index in [1.165, 1.54) is 154 Å². The first kappa shape index (κ1) is 70.8. The molecule has 4 nitrogen and oxygen atoms in total. The van der Waals surface area contributed by atoms with Crippen molar-refractivity contribution < 1.29 is 0 Å². The number of hydrogen-bond donors (Lipinski definition) is 0. The summed E-state index contributed by atoms with van der Waals surface area (Å²) in [5.74, 6) is 0. The summed E-state index contributed by atoms with van der Waals surface area (Å²) < 4.78 is 0. The zero-order valence-corrected chi connectivity index (χ0v) is 68.2. The summed E-state index contributed by atoms with van der Waals surface area (Å²) in [6.45, 7) is 8.74. The third-order valence-corrected chi connectivity index (χ3v) is 26.7. The minimum atomic E-state index is -0.662. The van der Waals surface area contributed by atoms with Crippen molar-refractivity contribution in [2.75, 3.05) is 19.6 Å². The highest BCUT2D eigenvalue weighted by molar-refractivity contribution is 6.16. The standard InChI is InChI=1S/C118H82N4/c1-75-48-56-87(57-49-75)119(85-29-7-5-8-30-85)93-62-54-81-69-103-109(71-83(81)67-93)117(105-44-19-15-36-95(105)96-37-16-20-45-106(96)117)111-73-113(99-40-11-13-42-101(99)115(103)111)121(88-58-50-76(2)51-59-88)89-60-52-79(53-61-89)80-28-25-35-92(66-80)120(90-33-23-26-77(3)64-90)94-63-55-82-70-104-110(72-84(82)68-94)118(107-46-21-17-38-97(107)98-39-18-22-47-108(98)118)112-74-114(100-41-12-14-43-102(100)116(104)112)122(86-31-9-6-10-32-86)91-34-24-27-78(4)65-91/h5-74H,1-4H3. The number of aryl methyl sites for hydroxylation is 4. The van der Waals surface area contributed by atoms with Crippen molar-refractivity contribution in [3.63, 3.8) is 0 Å². The van der Waals surface area contributed by atoms with Crippen LogP contribution in [0.5, 0.6) is 0 Å². The number of benzene rings is 20. The van der Waals surface area contributed by atoms with Crippen LogP contribution >= 0.6 is 0 Å². The molecule has 24 rings (SSSR count). The van der Waals surface area contributed by atoms with Crippen molar-refractivity contribution in [3.8, 4) is 55.6 Å². The van der Waals surface area contributed by atoms with Crippen LogP contribution in [0.2, 0.25) is 0 Å². The van der Waals surface area contributed by atoms with Crippen LogP contribution < -0.4 is 19.6 Å². The number of nitrogens with zero attached hydrogens (tertiary/aromatic N) is 4. The van der Waals surface area contributed by atoms with Gasteiger partial charge in [-0.2, -0.15) is 0 Å². The first-order valence-corrected chi connectivity index (χ1v) is 42.6. The molecule has 0 saturated carbocycles. The summed E-state index contributed by atoms with van der Waals surface area (Å²) in [5.41, 5.74) is 39.6. The lowest BCUT2D eigenvalue weighted by Gasteiger charge is -2.33. The molecule has 0 bridgehead atoms. The Balaban J connectivity index is 0.644. The molecule has 0 aromatic heterocycles. The molecule has 0 fully saturated rings. The molecule has 4 aliphatic rings. The Morgan fingerprint density at radius 3 is 0.926 bits per heavy atom. The van der Waals surface area contributed by atoms with Crippen LogP contribution in [0.4, 0.5) is 68.2 Å². The van der Waals surface area contributed by atoms with Crippen molar-refractivity contribution in [3.05, 3.63) is 491 Å². The largest absolute Gasteiger partial charge is 0.310 e. The molecule has 0 aliphatic heterocycles. The fraction of sp³-hybridized carbons (Fsp3) is 0.0508. The van der Waals surface area contributed by atoms with Gasteiger partial charge >= 0.3 is 0 Å². The fourth-order valence-electron chi connectivity index (χ4n) is 21.5. The van der Waals surface area contributed by atoms with E-state index < -0.39 is 10.8 Å². The average Bonchev–Trinajstić information content (AvgIpc) is 1.50. The number of hydrogen-bond acceptors (Lipinski definition) is 4. The summed E-state index contributed by atoms with van der Waals surface area (Å²) >= 11 is 0.